The Hall–Kier alpha value is -0.740. The second-order valence-electron chi connectivity index (χ2n) is 4.88. The molecule has 0 aliphatic carbocycles. The molecule has 118 valence electrons. The van der Waals surface area contributed by atoms with E-state index in [1.807, 2.05) is 24.3 Å². The minimum Gasteiger partial charge on any atom is -0.492 e. The standard InChI is InChI=1S/C16H22ClNO2.ClH/c1-2-5-14-6-3-7-15(17)16(14)20-11-4-8-18-9-12-19-13-10-18;/h2-3,6-7H,1,4-5,8-13H2;1H. The summed E-state index contributed by atoms with van der Waals surface area (Å²) in [6.45, 7) is 9.23. The highest BCUT2D eigenvalue weighted by atomic mass is 35.5. The monoisotopic (exact) mass is 331 g/mol. The molecule has 0 atom stereocenters. The van der Waals surface area contributed by atoms with Gasteiger partial charge in [-0.3, -0.25) is 4.90 Å². The molecule has 1 saturated heterocycles. The molecule has 3 nitrogen and oxygen atoms in total. The van der Waals surface area contributed by atoms with Crippen LogP contribution in [-0.2, 0) is 11.2 Å². The Morgan fingerprint density at radius 3 is 2.81 bits per heavy atom. The molecule has 0 N–H and O–H groups in total. The highest BCUT2D eigenvalue weighted by Crippen LogP contribution is 2.29. The van der Waals surface area contributed by atoms with Crippen molar-refractivity contribution in [3.63, 3.8) is 0 Å². The average molecular weight is 332 g/mol. The van der Waals surface area contributed by atoms with E-state index < -0.39 is 0 Å². The third-order valence-electron chi connectivity index (χ3n) is 3.38. The lowest BCUT2D eigenvalue weighted by Gasteiger charge is -2.26. The maximum absolute atomic E-state index is 6.21. The van der Waals surface area contributed by atoms with E-state index in [1.165, 1.54) is 0 Å². The van der Waals surface area contributed by atoms with E-state index in [0.29, 0.717) is 11.6 Å². The van der Waals surface area contributed by atoms with Crippen molar-refractivity contribution in [2.45, 2.75) is 12.8 Å². The first-order chi connectivity index (χ1) is 9.81. The van der Waals surface area contributed by atoms with E-state index in [2.05, 4.69) is 11.5 Å². The van der Waals surface area contributed by atoms with Crippen LogP contribution < -0.4 is 4.74 Å². The quantitative estimate of drug-likeness (QED) is 0.563. The van der Waals surface area contributed by atoms with Crippen molar-refractivity contribution in [2.75, 3.05) is 39.5 Å². The summed E-state index contributed by atoms with van der Waals surface area (Å²) in [5, 5.41) is 0.677. The number of ether oxygens (including phenoxy) is 2. The van der Waals surface area contributed by atoms with Gasteiger partial charge in [-0.2, -0.15) is 0 Å². The molecule has 0 unspecified atom stereocenters. The Bertz CT molecular complexity index is 434. The van der Waals surface area contributed by atoms with Gasteiger partial charge in [-0.05, 0) is 24.5 Å². The fraction of sp³-hybridized carbons (Fsp3) is 0.500. The molecule has 1 aliphatic rings. The van der Waals surface area contributed by atoms with Gasteiger partial charge in [0.05, 0.1) is 24.8 Å². The second kappa shape index (κ2) is 10.1. The lowest BCUT2D eigenvalue weighted by Crippen LogP contribution is -2.37. The molecule has 21 heavy (non-hydrogen) atoms. The molecule has 1 aromatic carbocycles. The second-order valence-corrected chi connectivity index (χ2v) is 5.28. The third-order valence-corrected chi connectivity index (χ3v) is 3.68. The number of hydrogen-bond donors (Lipinski definition) is 0. The molecule has 0 bridgehead atoms. The van der Waals surface area contributed by atoms with Crippen LogP contribution in [0.3, 0.4) is 0 Å². The predicted molar refractivity (Wildman–Crippen MR) is 90.0 cm³/mol. The van der Waals surface area contributed by atoms with Crippen LogP contribution in [0.15, 0.2) is 30.9 Å². The molecular weight excluding hydrogens is 309 g/mol. The lowest BCUT2D eigenvalue weighted by molar-refractivity contribution is 0.0358. The van der Waals surface area contributed by atoms with Crippen molar-refractivity contribution in [1.82, 2.24) is 4.90 Å². The SMILES string of the molecule is C=CCc1cccc(Cl)c1OCCCN1CCOCC1.Cl. The van der Waals surface area contributed by atoms with Gasteiger partial charge in [0.1, 0.15) is 5.75 Å². The van der Waals surface area contributed by atoms with Gasteiger partial charge in [0.15, 0.2) is 0 Å². The Morgan fingerprint density at radius 1 is 1.33 bits per heavy atom. The van der Waals surface area contributed by atoms with Crippen LogP contribution in [0.25, 0.3) is 0 Å². The first-order valence-electron chi connectivity index (χ1n) is 7.12. The van der Waals surface area contributed by atoms with Crippen LogP contribution in [0.4, 0.5) is 0 Å². The summed E-state index contributed by atoms with van der Waals surface area (Å²) in [4.78, 5) is 2.41. The van der Waals surface area contributed by atoms with Gasteiger partial charge in [-0.1, -0.05) is 29.8 Å². The average Bonchev–Trinajstić information content (AvgIpc) is 2.47. The van der Waals surface area contributed by atoms with Gasteiger partial charge in [-0.15, -0.1) is 19.0 Å². The summed E-state index contributed by atoms with van der Waals surface area (Å²) in [6.07, 6.45) is 3.64. The van der Waals surface area contributed by atoms with E-state index in [9.17, 15) is 0 Å². The highest BCUT2D eigenvalue weighted by Gasteiger charge is 2.10. The maximum atomic E-state index is 6.21. The summed E-state index contributed by atoms with van der Waals surface area (Å²) in [5.41, 5.74) is 1.10. The summed E-state index contributed by atoms with van der Waals surface area (Å²) in [5.74, 6) is 0.802. The molecule has 1 fully saturated rings. The molecule has 5 heteroatoms. The van der Waals surface area contributed by atoms with Gasteiger partial charge in [-0.25, -0.2) is 0 Å². The predicted octanol–water partition coefficient (Wildman–Crippen LogP) is 3.59. The molecule has 0 aromatic heterocycles. The first kappa shape index (κ1) is 18.3. The number of benzene rings is 1. The topological polar surface area (TPSA) is 21.7 Å². The van der Waals surface area contributed by atoms with Crippen LogP contribution in [0, 0.1) is 0 Å². The molecule has 0 spiro atoms. The number of hydrogen-bond acceptors (Lipinski definition) is 3. The molecule has 0 amide bonds. The normalized spacial score (nSPS) is 15.3. The van der Waals surface area contributed by atoms with Crippen molar-refractivity contribution >= 4 is 24.0 Å². The van der Waals surface area contributed by atoms with Crippen molar-refractivity contribution in [3.8, 4) is 5.75 Å². The van der Waals surface area contributed by atoms with Crippen LogP contribution in [0.1, 0.15) is 12.0 Å². The molecule has 1 heterocycles. The molecule has 2 rings (SSSR count). The molecule has 0 saturated carbocycles. The van der Waals surface area contributed by atoms with Gasteiger partial charge in [0, 0.05) is 19.6 Å². The minimum atomic E-state index is 0. The van der Waals surface area contributed by atoms with Crippen molar-refractivity contribution < 1.29 is 9.47 Å². The first-order valence-corrected chi connectivity index (χ1v) is 7.50. The number of morpholine rings is 1. The zero-order valence-electron chi connectivity index (χ0n) is 12.2. The highest BCUT2D eigenvalue weighted by molar-refractivity contribution is 6.32. The lowest BCUT2D eigenvalue weighted by atomic mass is 10.1. The van der Waals surface area contributed by atoms with E-state index in [-0.39, 0.29) is 12.4 Å². The van der Waals surface area contributed by atoms with E-state index >= 15 is 0 Å². The number of para-hydroxylation sites is 1. The third kappa shape index (κ3) is 5.87. The number of halogens is 2. The van der Waals surface area contributed by atoms with E-state index in [4.69, 9.17) is 21.1 Å². The zero-order chi connectivity index (χ0) is 14.2. The Balaban J connectivity index is 0.00000220. The maximum Gasteiger partial charge on any atom is 0.141 e. The minimum absolute atomic E-state index is 0. The molecular formula is C16H23Cl2NO2. The van der Waals surface area contributed by atoms with Crippen LogP contribution >= 0.6 is 24.0 Å². The molecule has 1 aliphatic heterocycles. The Morgan fingerprint density at radius 2 is 2.10 bits per heavy atom. The number of rotatable bonds is 7. The zero-order valence-corrected chi connectivity index (χ0v) is 13.8. The molecule has 0 radical (unpaired) electrons. The number of nitrogens with zero attached hydrogens (tertiary/aromatic N) is 1. The van der Waals surface area contributed by atoms with Crippen molar-refractivity contribution in [2.24, 2.45) is 0 Å². The van der Waals surface area contributed by atoms with Crippen LogP contribution in [-0.4, -0.2) is 44.4 Å². The van der Waals surface area contributed by atoms with Crippen LogP contribution in [0.5, 0.6) is 5.75 Å². The van der Waals surface area contributed by atoms with Gasteiger partial charge in [0.2, 0.25) is 0 Å². The Kier molecular flexibility index (Phi) is 8.77. The van der Waals surface area contributed by atoms with Gasteiger partial charge >= 0.3 is 0 Å². The molecule has 1 aromatic rings. The summed E-state index contributed by atoms with van der Waals surface area (Å²) < 4.78 is 11.2. The van der Waals surface area contributed by atoms with E-state index in [1.54, 1.807) is 0 Å². The van der Waals surface area contributed by atoms with Gasteiger partial charge in [0.25, 0.3) is 0 Å². The van der Waals surface area contributed by atoms with Crippen molar-refractivity contribution in [1.29, 1.82) is 0 Å². The largest absolute Gasteiger partial charge is 0.492 e. The summed E-state index contributed by atoms with van der Waals surface area (Å²) in [7, 11) is 0. The van der Waals surface area contributed by atoms with Gasteiger partial charge < -0.3 is 9.47 Å². The summed E-state index contributed by atoms with van der Waals surface area (Å²) in [6, 6.07) is 5.85. The smallest absolute Gasteiger partial charge is 0.141 e. The van der Waals surface area contributed by atoms with Crippen molar-refractivity contribution in [3.05, 3.63) is 41.4 Å². The van der Waals surface area contributed by atoms with E-state index in [0.717, 1.165) is 57.0 Å². The fourth-order valence-corrected chi connectivity index (χ4v) is 2.57. The number of allylic oxidation sites excluding steroid dienone is 1. The fourth-order valence-electron chi connectivity index (χ4n) is 2.32. The Labute approximate surface area is 138 Å². The van der Waals surface area contributed by atoms with Crippen LogP contribution in [0.2, 0.25) is 5.02 Å². The summed E-state index contributed by atoms with van der Waals surface area (Å²) >= 11 is 6.21.